The summed E-state index contributed by atoms with van der Waals surface area (Å²) in [5, 5.41) is 13.4. The van der Waals surface area contributed by atoms with Gasteiger partial charge in [0.15, 0.2) is 0 Å². The summed E-state index contributed by atoms with van der Waals surface area (Å²) in [7, 11) is 1.53. The molecule has 0 unspecified atom stereocenters. The smallest absolute Gasteiger partial charge is 0.491 e. The summed E-state index contributed by atoms with van der Waals surface area (Å²) >= 11 is 0. The molecule has 0 amide bonds. The van der Waals surface area contributed by atoms with Gasteiger partial charge in [0, 0.05) is 6.54 Å². The summed E-state index contributed by atoms with van der Waals surface area (Å²) in [5.74, 6) is 0.329. The van der Waals surface area contributed by atoms with E-state index >= 15 is 0 Å². The number of rotatable bonds is 4. The van der Waals surface area contributed by atoms with E-state index in [-0.39, 0.29) is 23.7 Å². The molecule has 0 saturated carbocycles. The van der Waals surface area contributed by atoms with Crippen LogP contribution in [0.4, 0.5) is 0 Å². The second kappa shape index (κ2) is 6.78. The topological polar surface area (TPSA) is 50.7 Å². The van der Waals surface area contributed by atoms with Gasteiger partial charge in [0.2, 0.25) is 0 Å². The van der Waals surface area contributed by atoms with Crippen molar-refractivity contribution in [3.8, 4) is 5.75 Å². The molecule has 0 aliphatic carbocycles. The van der Waals surface area contributed by atoms with E-state index in [2.05, 4.69) is 59.9 Å². The maximum atomic E-state index is 10.2. The number of benzene rings is 1. The van der Waals surface area contributed by atoms with Gasteiger partial charge in [0.05, 0.1) is 11.2 Å². The van der Waals surface area contributed by atoms with Crippen LogP contribution in [0.15, 0.2) is 23.7 Å². The molecule has 0 bridgehead atoms. The van der Waals surface area contributed by atoms with Crippen molar-refractivity contribution in [1.82, 2.24) is 5.32 Å². The summed E-state index contributed by atoms with van der Waals surface area (Å²) in [5.41, 5.74) is 2.14. The fourth-order valence-corrected chi connectivity index (χ4v) is 2.86. The molecule has 0 spiro atoms. The van der Waals surface area contributed by atoms with Crippen molar-refractivity contribution >= 4 is 13.2 Å². The van der Waals surface area contributed by atoms with Crippen molar-refractivity contribution in [2.24, 2.45) is 0 Å². The number of aromatic hydroxyl groups is 1. The minimum Gasteiger partial charge on any atom is -0.508 e. The lowest BCUT2D eigenvalue weighted by molar-refractivity contribution is 0.00578. The first-order chi connectivity index (χ1) is 11.4. The molecule has 2 N–H and O–H groups in total. The predicted octanol–water partition coefficient (Wildman–Crippen LogP) is 3.92. The molecule has 1 heterocycles. The van der Waals surface area contributed by atoms with Crippen molar-refractivity contribution in [3.63, 3.8) is 0 Å². The molecule has 138 valence electrons. The highest BCUT2D eigenvalue weighted by atomic mass is 16.7. The van der Waals surface area contributed by atoms with Crippen molar-refractivity contribution in [1.29, 1.82) is 0 Å². The maximum Gasteiger partial charge on any atom is 0.491 e. The molecule has 1 aromatic carbocycles. The van der Waals surface area contributed by atoms with Crippen molar-refractivity contribution in [2.75, 3.05) is 13.6 Å². The van der Waals surface area contributed by atoms with Gasteiger partial charge in [-0.15, -0.1) is 0 Å². The summed E-state index contributed by atoms with van der Waals surface area (Å²) < 4.78 is 12.4. The largest absolute Gasteiger partial charge is 0.508 e. The Kier molecular flexibility index (Phi) is 5.43. The molecular formula is C20H32BNO3. The Morgan fingerprint density at radius 3 is 2.20 bits per heavy atom. The Morgan fingerprint density at radius 2 is 1.72 bits per heavy atom. The van der Waals surface area contributed by atoms with E-state index in [4.69, 9.17) is 9.31 Å². The van der Waals surface area contributed by atoms with E-state index in [0.29, 0.717) is 12.3 Å². The maximum absolute atomic E-state index is 10.2. The van der Waals surface area contributed by atoms with E-state index in [1.165, 1.54) is 0 Å². The van der Waals surface area contributed by atoms with Gasteiger partial charge >= 0.3 is 7.12 Å². The minimum absolute atomic E-state index is 0.124. The van der Waals surface area contributed by atoms with Crippen molar-refractivity contribution in [3.05, 3.63) is 34.8 Å². The number of hydrogen-bond donors (Lipinski definition) is 2. The third kappa shape index (κ3) is 4.28. The lowest BCUT2D eigenvalue weighted by atomic mass is 9.76. The van der Waals surface area contributed by atoms with Crippen molar-refractivity contribution in [2.45, 2.75) is 65.1 Å². The fourth-order valence-electron chi connectivity index (χ4n) is 2.86. The van der Waals surface area contributed by atoms with Gasteiger partial charge < -0.3 is 19.7 Å². The first-order valence-electron chi connectivity index (χ1n) is 8.91. The van der Waals surface area contributed by atoms with E-state index in [9.17, 15) is 5.11 Å². The van der Waals surface area contributed by atoms with Crippen LogP contribution in [0.1, 0.15) is 59.6 Å². The van der Waals surface area contributed by atoms with Crippen LogP contribution in [0.3, 0.4) is 0 Å². The highest BCUT2D eigenvalue weighted by Crippen LogP contribution is 2.39. The highest BCUT2D eigenvalue weighted by molar-refractivity contribution is 6.55. The lowest BCUT2D eigenvalue weighted by Crippen LogP contribution is -2.41. The normalized spacial score (nSPS) is 20.2. The zero-order chi connectivity index (χ0) is 19.0. The first kappa shape index (κ1) is 20.0. The van der Waals surface area contributed by atoms with Gasteiger partial charge in [-0.25, -0.2) is 0 Å². The summed E-state index contributed by atoms with van der Waals surface area (Å²) in [6.45, 7) is 15.2. The molecule has 0 aromatic heterocycles. The van der Waals surface area contributed by atoms with Gasteiger partial charge in [0.1, 0.15) is 5.75 Å². The second-order valence-corrected chi connectivity index (χ2v) is 8.86. The average molecular weight is 345 g/mol. The number of phenols is 1. The molecule has 1 saturated heterocycles. The van der Waals surface area contributed by atoms with Gasteiger partial charge in [-0.2, -0.15) is 0 Å². The summed E-state index contributed by atoms with van der Waals surface area (Å²) in [4.78, 5) is 0. The lowest BCUT2D eigenvalue weighted by Gasteiger charge is -2.32. The average Bonchev–Trinajstić information content (AvgIpc) is 2.67. The van der Waals surface area contributed by atoms with E-state index in [0.717, 1.165) is 16.6 Å². The molecule has 1 aliphatic heterocycles. The fraction of sp³-hybridized carbons (Fsp3) is 0.600. The van der Waals surface area contributed by atoms with Crippen molar-refractivity contribution < 1.29 is 14.4 Å². The Morgan fingerprint density at radius 1 is 1.16 bits per heavy atom. The SMILES string of the molecule is CNCC(=Cc1ccc(O)c(C(C)(C)C)c1)B1OC(C)(C)C(C)(C)O1. The van der Waals surface area contributed by atoms with Crippen LogP contribution in [-0.4, -0.2) is 37.0 Å². The minimum atomic E-state index is -0.385. The quantitative estimate of drug-likeness (QED) is 0.812. The number of likely N-dealkylation sites (N-methyl/N-ethyl adjacent to an activating group) is 1. The van der Waals surface area contributed by atoms with Crippen LogP contribution < -0.4 is 5.32 Å². The molecule has 25 heavy (non-hydrogen) atoms. The van der Waals surface area contributed by atoms with Crippen LogP contribution in [-0.2, 0) is 14.7 Å². The van der Waals surface area contributed by atoms with E-state index in [1.807, 2.05) is 19.2 Å². The molecule has 1 aromatic rings. The van der Waals surface area contributed by atoms with E-state index < -0.39 is 0 Å². The van der Waals surface area contributed by atoms with Crippen LogP contribution in [0.5, 0.6) is 5.75 Å². The molecule has 2 rings (SSSR count). The van der Waals surface area contributed by atoms with Crippen LogP contribution >= 0.6 is 0 Å². The molecule has 0 atom stereocenters. The molecular weight excluding hydrogens is 313 g/mol. The first-order valence-corrected chi connectivity index (χ1v) is 8.91. The Bertz CT molecular complexity index is 643. The van der Waals surface area contributed by atoms with E-state index in [1.54, 1.807) is 6.07 Å². The van der Waals surface area contributed by atoms with Crippen LogP contribution in [0, 0.1) is 0 Å². The number of hydrogen-bond acceptors (Lipinski definition) is 4. The molecule has 1 aliphatic rings. The van der Waals surface area contributed by atoms with Crippen LogP contribution in [0.2, 0.25) is 0 Å². The number of phenolic OH excluding ortho intramolecular Hbond substituents is 1. The Balaban J connectivity index is 2.39. The van der Waals surface area contributed by atoms with Gasteiger partial charge in [-0.3, -0.25) is 0 Å². The molecule has 5 heteroatoms. The van der Waals surface area contributed by atoms with Gasteiger partial charge in [-0.1, -0.05) is 32.9 Å². The Labute approximate surface area is 152 Å². The highest BCUT2D eigenvalue weighted by Gasteiger charge is 2.52. The predicted molar refractivity (Wildman–Crippen MR) is 105 cm³/mol. The number of nitrogens with one attached hydrogen (secondary N) is 1. The van der Waals surface area contributed by atoms with Crippen LogP contribution in [0.25, 0.3) is 6.08 Å². The third-order valence-electron chi connectivity index (χ3n) is 5.12. The molecule has 1 fully saturated rings. The Hall–Kier alpha value is -1.30. The third-order valence-corrected chi connectivity index (χ3v) is 5.12. The van der Waals surface area contributed by atoms with Gasteiger partial charge in [-0.05, 0) is 68.9 Å². The molecule has 0 radical (unpaired) electrons. The molecule has 4 nitrogen and oxygen atoms in total. The standard InChI is InChI=1S/C20H32BNO3/c1-18(2,3)16-12-14(9-10-17(16)23)11-15(13-22-8)21-24-19(4,5)20(6,7)25-21/h9-12,22-23H,13H2,1-8H3. The zero-order valence-corrected chi connectivity index (χ0v) is 16.9. The van der Waals surface area contributed by atoms with Gasteiger partial charge in [0.25, 0.3) is 0 Å². The monoisotopic (exact) mass is 345 g/mol. The summed E-state index contributed by atoms with van der Waals surface area (Å²) in [6, 6.07) is 5.72. The zero-order valence-electron chi connectivity index (χ0n) is 16.9. The summed E-state index contributed by atoms with van der Waals surface area (Å²) in [6.07, 6.45) is 2.09. The second-order valence-electron chi connectivity index (χ2n) is 8.86.